The highest BCUT2D eigenvalue weighted by atomic mass is 16.6. The van der Waals surface area contributed by atoms with Crippen LogP contribution in [0.3, 0.4) is 0 Å². The summed E-state index contributed by atoms with van der Waals surface area (Å²) in [5, 5.41) is 16.2. The molecule has 9 nitrogen and oxygen atoms in total. The van der Waals surface area contributed by atoms with Crippen LogP contribution in [-0.4, -0.2) is 30.1 Å². The summed E-state index contributed by atoms with van der Waals surface area (Å²) < 4.78 is 10.8. The molecule has 0 radical (unpaired) electrons. The summed E-state index contributed by atoms with van der Waals surface area (Å²) in [6.45, 7) is 1.73. The average molecular weight is 397 g/mol. The van der Waals surface area contributed by atoms with Gasteiger partial charge in [0.05, 0.1) is 16.5 Å². The van der Waals surface area contributed by atoms with E-state index in [1.165, 1.54) is 18.2 Å². The Morgan fingerprint density at radius 1 is 1.14 bits per heavy atom. The summed E-state index contributed by atoms with van der Waals surface area (Å²) in [4.78, 5) is 35.1. The number of urea groups is 1. The number of nitrogens with zero attached hydrogens (tertiary/aromatic N) is 1. The molecular weight excluding hydrogens is 378 g/mol. The van der Waals surface area contributed by atoms with Gasteiger partial charge in [0, 0.05) is 17.8 Å². The minimum Gasteiger partial charge on any atom is -0.490 e. The van der Waals surface area contributed by atoms with E-state index in [9.17, 15) is 19.7 Å². The zero-order valence-corrected chi connectivity index (χ0v) is 15.6. The van der Waals surface area contributed by atoms with Crippen molar-refractivity contribution in [1.82, 2.24) is 10.6 Å². The SMILES string of the molecule is CC1=C(C(=O)OCCOc2ccccc2)C(c2cccc([N+](=O)[O-])c2)NC(=O)N1. The topological polar surface area (TPSA) is 120 Å². The molecule has 1 atom stereocenters. The lowest BCUT2D eigenvalue weighted by molar-refractivity contribution is -0.384. The molecule has 2 aromatic carbocycles. The van der Waals surface area contributed by atoms with Crippen LogP contribution in [0.15, 0.2) is 65.9 Å². The first-order valence-corrected chi connectivity index (χ1v) is 8.83. The molecule has 0 aliphatic carbocycles. The van der Waals surface area contributed by atoms with Crippen LogP contribution < -0.4 is 15.4 Å². The van der Waals surface area contributed by atoms with Gasteiger partial charge in [0.1, 0.15) is 19.0 Å². The van der Waals surface area contributed by atoms with E-state index in [2.05, 4.69) is 10.6 Å². The van der Waals surface area contributed by atoms with Crippen molar-refractivity contribution in [3.63, 3.8) is 0 Å². The molecule has 3 rings (SSSR count). The molecule has 1 aliphatic rings. The molecule has 2 amide bonds. The molecular formula is C20H19N3O6. The lowest BCUT2D eigenvalue weighted by Crippen LogP contribution is -2.45. The number of non-ortho nitro benzene ring substituents is 1. The van der Waals surface area contributed by atoms with Gasteiger partial charge in [-0.3, -0.25) is 10.1 Å². The monoisotopic (exact) mass is 397 g/mol. The molecule has 1 aliphatic heterocycles. The number of para-hydroxylation sites is 1. The van der Waals surface area contributed by atoms with Gasteiger partial charge < -0.3 is 20.1 Å². The van der Waals surface area contributed by atoms with Crippen LogP contribution in [0.4, 0.5) is 10.5 Å². The molecule has 0 spiro atoms. The first-order valence-electron chi connectivity index (χ1n) is 8.83. The molecule has 1 heterocycles. The minimum absolute atomic E-state index is 0.000111. The largest absolute Gasteiger partial charge is 0.490 e. The van der Waals surface area contributed by atoms with Crippen LogP contribution in [0, 0.1) is 10.1 Å². The molecule has 150 valence electrons. The van der Waals surface area contributed by atoms with Crippen LogP contribution in [0.5, 0.6) is 5.75 Å². The molecule has 0 fully saturated rings. The number of esters is 1. The Bertz CT molecular complexity index is 958. The lowest BCUT2D eigenvalue weighted by atomic mass is 9.95. The molecule has 0 bridgehead atoms. The number of amides is 2. The van der Waals surface area contributed by atoms with Crippen molar-refractivity contribution < 1.29 is 24.0 Å². The number of nitro groups is 1. The fraction of sp³-hybridized carbons (Fsp3) is 0.200. The second kappa shape index (κ2) is 8.87. The van der Waals surface area contributed by atoms with Crippen LogP contribution in [0.25, 0.3) is 0 Å². The summed E-state index contributed by atoms with van der Waals surface area (Å²) in [6.07, 6.45) is 0. The molecule has 0 saturated heterocycles. The number of carbonyl (C=O) groups is 2. The summed E-state index contributed by atoms with van der Waals surface area (Å²) in [5.41, 5.74) is 0.752. The number of carbonyl (C=O) groups excluding carboxylic acids is 2. The first-order chi connectivity index (χ1) is 14.0. The highest BCUT2D eigenvalue weighted by Crippen LogP contribution is 2.29. The second-order valence-electron chi connectivity index (χ2n) is 6.22. The number of allylic oxidation sites excluding steroid dienone is 1. The van der Waals surface area contributed by atoms with Crippen molar-refractivity contribution in [1.29, 1.82) is 0 Å². The van der Waals surface area contributed by atoms with Crippen molar-refractivity contribution >= 4 is 17.7 Å². The highest BCUT2D eigenvalue weighted by Gasteiger charge is 2.32. The zero-order chi connectivity index (χ0) is 20.8. The molecule has 1 unspecified atom stereocenters. The van der Waals surface area contributed by atoms with Gasteiger partial charge in [-0.05, 0) is 24.6 Å². The van der Waals surface area contributed by atoms with Gasteiger partial charge >= 0.3 is 12.0 Å². The second-order valence-corrected chi connectivity index (χ2v) is 6.22. The highest BCUT2D eigenvalue weighted by molar-refractivity contribution is 5.95. The Labute approximate surface area is 166 Å². The number of ether oxygens (including phenoxy) is 2. The minimum atomic E-state index is -0.869. The standard InChI is InChI=1S/C20H19N3O6/c1-13-17(19(24)29-11-10-28-16-8-3-2-4-9-16)18(22-20(25)21-13)14-6-5-7-15(12-14)23(26)27/h2-9,12,18H,10-11H2,1H3,(H2,21,22,25). The number of nitrogens with one attached hydrogen (secondary N) is 2. The van der Waals surface area contributed by atoms with Crippen molar-refractivity contribution in [2.75, 3.05) is 13.2 Å². The summed E-state index contributed by atoms with van der Waals surface area (Å²) in [7, 11) is 0. The third-order valence-corrected chi connectivity index (χ3v) is 4.23. The Morgan fingerprint density at radius 3 is 2.62 bits per heavy atom. The van der Waals surface area contributed by atoms with E-state index >= 15 is 0 Å². The zero-order valence-electron chi connectivity index (χ0n) is 15.6. The summed E-state index contributed by atoms with van der Waals surface area (Å²) >= 11 is 0. The van der Waals surface area contributed by atoms with Crippen LogP contribution in [-0.2, 0) is 9.53 Å². The third-order valence-electron chi connectivity index (χ3n) is 4.23. The van der Waals surface area contributed by atoms with Crippen molar-refractivity contribution in [3.05, 3.63) is 81.5 Å². The Morgan fingerprint density at radius 2 is 1.90 bits per heavy atom. The third kappa shape index (κ3) is 4.89. The Kier molecular flexibility index (Phi) is 6.08. The smallest absolute Gasteiger partial charge is 0.338 e. The molecule has 2 aromatic rings. The molecule has 0 aromatic heterocycles. The normalized spacial score (nSPS) is 15.9. The van der Waals surface area contributed by atoms with Crippen LogP contribution >= 0.6 is 0 Å². The van der Waals surface area contributed by atoms with Gasteiger partial charge in [-0.1, -0.05) is 30.3 Å². The maximum absolute atomic E-state index is 12.7. The Balaban J connectivity index is 1.72. The van der Waals surface area contributed by atoms with E-state index in [-0.39, 0.29) is 24.5 Å². The summed E-state index contributed by atoms with van der Waals surface area (Å²) in [5.74, 6) is 0.00295. The van der Waals surface area contributed by atoms with Crippen LogP contribution in [0.2, 0.25) is 0 Å². The Hall–Kier alpha value is -3.88. The summed E-state index contributed by atoms with van der Waals surface area (Å²) in [6, 6.07) is 13.5. The van der Waals surface area contributed by atoms with E-state index in [0.717, 1.165) is 0 Å². The van der Waals surface area contributed by atoms with Gasteiger partial charge in [0.25, 0.3) is 5.69 Å². The number of benzene rings is 2. The molecule has 29 heavy (non-hydrogen) atoms. The van der Waals surface area contributed by atoms with Crippen molar-refractivity contribution in [2.24, 2.45) is 0 Å². The van der Waals surface area contributed by atoms with Gasteiger partial charge in [-0.2, -0.15) is 0 Å². The van der Waals surface area contributed by atoms with Gasteiger partial charge in [0.2, 0.25) is 0 Å². The fourth-order valence-corrected chi connectivity index (χ4v) is 2.92. The quantitative estimate of drug-likeness (QED) is 0.321. The van der Waals surface area contributed by atoms with E-state index in [4.69, 9.17) is 9.47 Å². The molecule has 2 N–H and O–H groups in total. The number of nitro benzene ring substituents is 1. The van der Waals surface area contributed by atoms with Crippen LogP contribution in [0.1, 0.15) is 18.5 Å². The maximum atomic E-state index is 12.7. The first kappa shape index (κ1) is 19.9. The fourth-order valence-electron chi connectivity index (χ4n) is 2.92. The molecule has 9 heteroatoms. The predicted octanol–water partition coefficient (Wildman–Crippen LogP) is 2.84. The van der Waals surface area contributed by atoms with E-state index in [1.807, 2.05) is 18.2 Å². The van der Waals surface area contributed by atoms with Gasteiger partial charge in [0.15, 0.2) is 0 Å². The van der Waals surface area contributed by atoms with Gasteiger partial charge in [-0.15, -0.1) is 0 Å². The van der Waals surface area contributed by atoms with Crippen molar-refractivity contribution in [3.8, 4) is 5.75 Å². The van der Waals surface area contributed by atoms with Gasteiger partial charge in [-0.25, -0.2) is 9.59 Å². The van der Waals surface area contributed by atoms with E-state index in [1.54, 1.807) is 25.1 Å². The van der Waals surface area contributed by atoms with Crippen molar-refractivity contribution in [2.45, 2.75) is 13.0 Å². The average Bonchev–Trinajstić information content (AvgIpc) is 2.71. The number of rotatable bonds is 7. The number of hydrogen-bond donors (Lipinski definition) is 2. The maximum Gasteiger partial charge on any atom is 0.338 e. The van der Waals surface area contributed by atoms with E-state index < -0.39 is 23.0 Å². The van der Waals surface area contributed by atoms with E-state index in [0.29, 0.717) is 17.0 Å². The molecule has 0 saturated carbocycles. The lowest BCUT2D eigenvalue weighted by Gasteiger charge is -2.28. The number of hydrogen-bond acceptors (Lipinski definition) is 6. The predicted molar refractivity (Wildman–Crippen MR) is 103 cm³/mol.